The molecular weight excluding hydrogens is 507 g/mol. The van der Waals surface area contributed by atoms with Gasteiger partial charge in [-0.15, -0.1) is 0 Å². The van der Waals surface area contributed by atoms with Gasteiger partial charge < -0.3 is 14.4 Å². The summed E-state index contributed by atoms with van der Waals surface area (Å²) in [6.07, 6.45) is 3.56. The van der Waals surface area contributed by atoms with Crippen molar-refractivity contribution in [2.45, 2.75) is 5.75 Å². The van der Waals surface area contributed by atoms with Crippen LogP contribution >= 0.6 is 24.0 Å². The lowest BCUT2D eigenvalue weighted by Crippen LogP contribution is -2.49. The number of halogens is 1. The molecule has 0 aliphatic carbocycles. The maximum atomic E-state index is 13.6. The summed E-state index contributed by atoms with van der Waals surface area (Å²) in [5.74, 6) is 0.0726. The number of piperazine rings is 1. The molecule has 1 aliphatic rings. The molecule has 1 saturated heterocycles. The van der Waals surface area contributed by atoms with E-state index in [0.717, 1.165) is 26.0 Å². The van der Waals surface area contributed by atoms with Gasteiger partial charge in [-0.2, -0.15) is 0 Å². The highest BCUT2D eigenvalue weighted by Crippen LogP contribution is 2.28. The maximum absolute atomic E-state index is 13.6. The molecule has 3 aromatic rings. The number of nitrogens with zero attached hydrogens (tertiary/aromatic N) is 4. The highest BCUT2D eigenvalue weighted by atomic mass is 32.2. The van der Waals surface area contributed by atoms with E-state index in [1.165, 1.54) is 30.3 Å². The molecule has 1 atom stereocenters. The highest BCUT2D eigenvalue weighted by Gasteiger charge is 2.24. The van der Waals surface area contributed by atoms with Crippen LogP contribution in [0.2, 0.25) is 0 Å². The maximum Gasteiger partial charge on any atom is 0.253 e. The topological polar surface area (TPSA) is 79.8 Å². The van der Waals surface area contributed by atoms with E-state index in [9.17, 15) is 17.9 Å². The fraction of sp³-hybridized carbons (Fsp3) is 0.208. The second-order valence-corrected chi connectivity index (χ2v) is 10.1. The van der Waals surface area contributed by atoms with Crippen LogP contribution in [0.5, 0.6) is 0 Å². The van der Waals surface area contributed by atoms with Crippen LogP contribution in [0.15, 0.2) is 73.1 Å². The quantitative estimate of drug-likeness (QED) is 0.351. The summed E-state index contributed by atoms with van der Waals surface area (Å²) in [6, 6.07) is 15.4. The van der Waals surface area contributed by atoms with Crippen molar-refractivity contribution in [1.29, 1.82) is 0 Å². The Bertz CT molecular complexity index is 1210. The number of amides is 1. The average molecular weight is 530 g/mol. The second kappa shape index (κ2) is 11.7. The molecule has 0 radical (unpaired) electrons. The number of anilines is 2. The van der Waals surface area contributed by atoms with Crippen LogP contribution in [0.25, 0.3) is 0 Å². The molecule has 1 fully saturated rings. The monoisotopic (exact) mass is 529 g/mol. The largest absolute Gasteiger partial charge is 0.755 e. The van der Waals surface area contributed by atoms with E-state index >= 15 is 0 Å². The number of pyridine rings is 1. The van der Waals surface area contributed by atoms with Gasteiger partial charge in [0.25, 0.3) is 5.91 Å². The van der Waals surface area contributed by atoms with Crippen LogP contribution < -0.4 is 4.31 Å². The molecule has 2 heterocycles. The van der Waals surface area contributed by atoms with Crippen molar-refractivity contribution < 1.29 is 17.9 Å². The minimum Gasteiger partial charge on any atom is -0.755 e. The third-order valence-electron chi connectivity index (χ3n) is 5.45. The Morgan fingerprint density at radius 3 is 2.40 bits per heavy atom. The molecule has 1 amide bonds. The van der Waals surface area contributed by atoms with Crippen molar-refractivity contribution in [1.82, 2.24) is 14.8 Å². The van der Waals surface area contributed by atoms with Crippen molar-refractivity contribution in [2.75, 3.05) is 30.5 Å². The molecule has 0 spiro atoms. The number of benzene rings is 2. The third-order valence-corrected chi connectivity index (χ3v) is 7.77. The minimum absolute atomic E-state index is 0.134. The molecule has 7 nitrogen and oxygen atoms in total. The fourth-order valence-corrected chi connectivity index (χ4v) is 5.42. The average Bonchev–Trinajstić information content (AvgIpc) is 2.88. The molecule has 0 saturated carbocycles. The van der Waals surface area contributed by atoms with Crippen molar-refractivity contribution in [3.05, 3.63) is 90.0 Å². The van der Waals surface area contributed by atoms with Gasteiger partial charge in [0.05, 0.1) is 22.6 Å². The second-order valence-electron chi connectivity index (χ2n) is 7.73. The summed E-state index contributed by atoms with van der Waals surface area (Å²) in [5.41, 5.74) is 2.03. The van der Waals surface area contributed by atoms with Crippen LogP contribution in [-0.4, -0.2) is 60.0 Å². The Morgan fingerprint density at radius 2 is 1.77 bits per heavy atom. The Morgan fingerprint density at radius 1 is 1.06 bits per heavy atom. The van der Waals surface area contributed by atoms with E-state index in [-0.39, 0.29) is 11.6 Å². The zero-order chi connectivity index (χ0) is 24.8. The van der Waals surface area contributed by atoms with Crippen LogP contribution in [0.3, 0.4) is 0 Å². The van der Waals surface area contributed by atoms with Gasteiger partial charge in [0.2, 0.25) is 0 Å². The van der Waals surface area contributed by atoms with Gasteiger partial charge >= 0.3 is 0 Å². The van der Waals surface area contributed by atoms with Crippen LogP contribution in [0, 0.1) is 5.82 Å². The first-order chi connectivity index (χ1) is 16.9. The number of thiocarbonyl (C=S) groups is 1. The Balaban J connectivity index is 1.34. The van der Waals surface area contributed by atoms with Crippen molar-refractivity contribution in [3.63, 3.8) is 0 Å². The highest BCUT2D eigenvalue weighted by molar-refractivity contribution is 8.22. The van der Waals surface area contributed by atoms with Crippen molar-refractivity contribution in [3.8, 4) is 0 Å². The van der Waals surface area contributed by atoms with Gasteiger partial charge in [-0.25, -0.2) is 4.39 Å². The molecular formula is C24H22FN4O3S3-. The van der Waals surface area contributed by atoms with Crippen molar-refractivity contribution >= 4 is 56.8 Å². The van der Waals surface area contributed by atoms with Crippen molar-refractivity contribution in [2.24, 2.45) is 0 Å². The van der Waals surface area contributed by atoms with E-state index in [2.05, 4.69) is 9.88 Å². The van der Waals surface area contributed by atoms with E-state index in [1.54, 1.807) is 35.0 Å². The molecule has 1 aromatic heterocycles. The summed E-state index contributed by atoms with van der Waals surface area (Å²) < 4.78 is 39.0. The van der Waals surface area contributed by atoms with Gasteiger partial charge in [-0.1, -0.05) is 36.1 Å². The molecule has 4 rings (SSSR count). The number of thioether (sulfide) groups is 1. The molecule has 35 heavy (non-hydrogen) atoms. The summed E-state index contributed by atoms with van der Waals surface area (Å²) in [5, 5.41) is 0. The van der Waals surface area contributed by atoms with E-state index < -0.39 is 17.1 Å². The zero-order valence-corrected chi connectivity index (χ0v) is 21.0. The number of carbonyl (C=O) groups is 1. The van der Waals surface area contributed by atoms with Gasteiger partial charge in [0, 0.05) is 49.9 Å². The molecule has 182 valence electrons. The first kappa shape index (κ1) is 25.2. The fourth-order valence-electron chi connectivity index (χ4n) is 3.66. The third kappa shape index (κ3) is 6.43. The Hall–Kier alpha value is -2.86. The van der Waals surface area contributed by atoms with E-state index in [4.69, 9.17) is 12.2 Å². The lowest BCUT2D eigenvalue weighted by molar-refractivity contribution is 0.0695. The Kier molecular flexibility index (Phi) is 8.45. The van der Waals surface area contributed by atoms with Crippen LogP contribution in [0.1, 0.15) is 15.9 Å². The first-order valence-corrected chi connectivity index (χ1v) is 13.2. The standard InChI is InChI=1S/C24H23FN4O3S3/c25-20-4-1-5-22(15-20)29(35(31)32)21-8-6-19(7-9-21)23(30)27-11-13-28(14-12-27)24(33)34-17-18-3-2-10-26-16-18/h1-10,15-16H,11-14,17H2,(H,31,32)/p-1. The smallest absolute Gasteiger partial charge is 0.253 e. The summed E-state index contributed by atoms with van der Waals surface area (Å²) in [4.78, 5) is 21.0. The van der Waals surface area contributed by atoms with E-state index in [0.29, 0.717) is 37.4 Å². The number of aromatic nitrogens is 1. The molecule has 2 aromatic carbocycles. The first-order valence-electron chi connectivity index (χ1n) is 10.8. The zero-order valence-electron chi connectivity index (χ0n) is 18.6. The summed E-state index contributed by atoms with van der Waals surface area (Å²) in [6.45, 7) is 2.36. The number of carbonyl (C=O) groups excluding carboxylic acids is 1. The lowest BCUT2D eigenvalue weighted by atomic mass is 10.1. The summed E-state index contributed by atoms with van der Waals surface area (Å²) >= 11 is 4.49. The van der Waals surface area contributed by atoms with Crippen LogP contribution in [-0.2, 0) is 17.0 Å². The molecule has 1 unspecified atom stereocenters. The lowest BCUT2D eigenvalue weighted by Gasteiger charge is -2.36. The number of rotatable bonds is 6. The minimum atomic E-state index is -2.66. The normalized spacial score (nSPS) is 14.5. The van der Waals surface area contributed by atoms with E-state index in [1.807, 2.05) is 18.3 Å². The number of hydrogen-bond acceptors (Lipinski definition) is 6. The number of hydrogen-bond donors (Lipinski definition) is 0. The predicted octanol–water partition coefficient (Wildman–Crippen LogP) is 4.13. The van der Waals surface area contributed by atoms with Gasteiger partial charge in [0.1, 0.15) is 10.1 Å². The molecule has 0 N–H and O–H groups in total. The summed E-state index contributed by atoms with van der Waals surface area (Å²) in [7, 11) is 0. The Labute approximate surface area is 215 Å². The van der Waals surface area contributed by atoms with Crippen LogP contribution in [0.4, 0.5) is 15.8 Å². The molecule has 11 heteroatoms. The molecule has 0 bridgehead atoms. The van der Waals surface area contributed by atoms with Gasteiger partial charge in [-0.3, -0.25) is 18.3 Å². The van der Waals surface area contributed by atoms with Gasteiger partial charge in [-0.05, 0) is 54.1 Å². The van der Waals surface area contributed by atoms with Gasteiger partial charge in [0.15, 0.2) is 0 Å². The SMILES string of the molecule is O=C(c1ccc(N(c2cccc(F)c2)S(=O)[O-])cc1)N1CCN(C(=S)SCc2cccnc2)CC1. The molecule has 1 aliphatic heterocycles. The predicted molar refractivity (Wildman–Crippen MR) is 140 cm³/mol.